The Hall–Kier alpha value is -1.82. The van der Waals surface area contributed by atoms with Gasteiger partial charge in [0.2, 0.25) is 0 Å². The van der Waals surface area contributed by atoms with Crippen LogP contribution in [0.15, 0.2) is 35.1 Å². The van der Waals surface area contributed by atoms with E-state index in [4.69, 9.17) is 28.3 Å². The summed E-state index contributed by atoms with van der Waals surface area (Å²) >= 11 is 12.4. The van der Waals surface area contributed by atoms with E-state index in [0.717, 1.165) is 30.6 Å². The van der Waals surface area contributed by atoms with Gasteiger partial charge in [-0.25, -0.2) is 4.79 Å². The second-order valence-electron chi connectivity index (χ2n) is 6.59. The van der Waals surface area contributed by atoms with Gasteiger partial charge in [-0.1, -0.05) is 48.7 Å². The van der Waals surface area contributed by atoms with Crippen LogP contribution < -0.4 is 5.56 Å². The smallest absolute Gasteiger partial charge is 0.335 e. The number of carboxylic acids is 1. The average molecular weight is 411 g/mol. The van der Waals surface area contributed by atoms with E-state index in [2.05, 4.69) is 11.8 Å². The topological polar surface area (TPSA) is 62.5 Å². The molecule has 0 amide bonds. The van der Waals surface area contributed by atoms with Crippen molar-refractivity contribution in [1.82, 2.24) is 9.47 Å². The number of hydrogen-bond donors (Lipinski definition) is 1. The highest BCUT2D eigenvalue weighted by molar-refractivity contribution is 6.34. The van der Waals surface area contributed by atoms with Gasteiger partial charge in [0, 0.05) is 13.1 Å². The van der Waals surface area contributed by atoms with Crippen LogP contribution in [0.3, 0.4) is 0 Å². The molecule has 0 atom stereocenters. The monoisotopic (exact) mass is 410 g/mol. The Morgan fingerprint density at radius 1 is 1.19 bits per heavy atom. The van der Waals surface area contributed by atoms with Crippen LogP contribution >= 0.6 is 23.2 Å². The highest BCUT2D eigenvalue weighted by Gasteiger charge is 2.15. The molecular formula is C20H24Cl2N2O3. The summed E-state index contributed by atoms with van der Waals surface area (Å²) in [6, 6.07) is 8.14. The molecule has 27 heavy (non-hydrogen) atoms. The lowest BCUT2D eigenvalue weighted by Crippen LogP contribution is -2.29. The Morgan fingerprint density at radius 2 is 1.85 bits per heavy atom. The van der Waals surface area contributed by atoms with Crippen LogP contribution in [0.25, 0.3) is 0 Å². The summed E-state index contributed by atoms with van der Waals surface area (Å²) in [4.78, 5) is 25.7. The Labute approximate surface area is 169 Å². The SMILES string of the molecule is CCCCN(C)Cc1c(Cl)cc(Cl)c(=O)n1CCc1ccc(C(=O)O)cc1. The number of hydrogen-bond acceptors (Lipinski definition) is 3. The summed E-state index contributed by atoms with van der Waals surface area (Å²) in [6.07, 6.45) is 2.74. The standard InChI is InChI=1S/C20H24Cl2N2O3/c1-3-4-10-23(2)13-18-16(21)12-17(22)19(25)24(18)11-9-14-5-7-15(8-6-14)20(26)27/h5-8,12H,3-4,9-11,13H2,1-2H3,(H,26,27). The molecular weight excluding hydrogens is 387 g/mol. The largest absolute Gasteiger partial charge is 0.478 e. The molecule has 1 aromatic heterocycles. The molecule has 0 saturated heterocycles. The van der Waals surface area contributed by atoms with E-state index < -0.39 is 5.97 Å². The van der Waals surface area contributed by atoms with E-state index in [1.807, 2.05) is 7.05 Å². The van der Waals surface area contributed by atoms with Gasteiger partial charge < -0.3 is 14.6 Å². The minimum Gasteiger partial charge on any atom is -0.478 e. The molecule has 5 nitrogen and oxygen atoms in total. The van der Waals surface area contributed by atoms with E-state index >= 15 is 0 Å². The molecule has 2 rings (SSSR count). The molecule has 0 bridgehead atoms. The maximum absolute atomic E-state index is 12.6. The number of rotatable bonds is 9. The molecule has 146 valence electrons. The Morgan fingerprint density at radius 3 is 2.44 bits per heavy atom. The third-order valence-electron chi connectivity index (χ3n) is 4.44. The van der Waals surface area contributed by atoms with Crippen molar-refractivity contribution < 1.29 is 9.90 Å². The van der Waals surface area contributed by atoms with Crippen LogP contribution in [-0.4, -0.2) is 34.1 Å². The molecule has 0 saturated carbocycles. The van der Waals surface area contributed by atoms with E-state index in [1.165, 1.54) is 6.07 Å². The number of carboxylic acid groups (broad SMARTS) is 1. The lowest BCUT2D eigenvalue weighted by molar-refractivity contribution is 0.0697. The molecule has 1 aromatic carbocycles. The molecule has 0 spiro atoms. The zero-order chi connectivity index (χ0) is 20.0. The molecule has 1 N–H and O–H groups in total. The van der Waals surface area contributed by atoms with Crippen LogP contribution in [-0.2, 0) is 19.5 Å². The quantitative estimate of drug-likeness (QED) is 0.667. The Balaban J connectivity index is 2.23. The highest BCUT2D eigenvalue weighted by atomic mass is 35.5. The second-order valence-corrected chi connectivity index (χ2v) is 7.40. The molecule has 7 heteroatoms. The molecule has 2 aromatic rings. The van der Waals surface area contributed by atoms with Gasteiger partial charge >= 0.3 is 5.97 Å². The minimum atomic E-state index is -0.961. The number of unbranched alkanes of at least 4 members (excludes halogenated alkanes) is 1. The summed E-state index contributed by atoms with van der Waals surface area (Å²) in [5.74, 6) is -0.961. The average Bonchev–Trinajstić information content (AvgIpc) is 2.64. The molecule has 0 aliphatic heterocycles. The molecule has 0 unspecified atom stereocenters. The third kappa shape index (κ3) is 5.83. The number of nitrogens with zero attached hydrogens (tertiary/aromatic N) is 2. The molecule has 0 fully saturated rings. The first-order chi connectivity index (χ1) is 12.8. The summed E-state index contributed by atoms with van der Waals surface area (Å²) in [5, 5.41) is 9.56. The highest BCUT2D eigenvalue weighted by Crippen LogP contribution is 2.20. The maximum Gasteiger partial charge on any atom is 0.335 e. The van der Waals surface area contributed by atoms with Crippen molar-refractivity contribution in [3.8, 4) is 0 Å². The third-order valence-corrected chi connectivity index (χ3v) is 5.04. The first kappa shape index (κ1) is 21.5. The van der Waals surface area contributed by atoms with Crippen molar-refractivity contribution in [2.75, 3.05) is 13.6 Å². The summed E-state index contributed by atoms with van der Waals surface area (Å²) in [6.45, 7) is 4.03. The maximum atomic E-state index is 12.6. The van der Waals surface area contributed by atoms with Crippen LogP contribution in [0.1, 0.15) is 41.4 Å². The van der Waals surface area contributed by atoms with Gasteiger partial charge in [-0.3, -0.25) is 4.79 Å². The number of aromatic carboxylic acids is 1. The fourth-order valence-corrected chi connectivity index (χ4v) is 3.39. The van der Waals surface area contributed by atoms with E-state index in [-0.39, 0.29) is 16.1 Å². The Kier molecular flexibility index (Phi) is 7.90. The first-order valence-corrected chi connectivity index (χ1v) is 9.67. The van der Waals surface area contributed by atoms with E-state index in [1.54, 1.807) is 28.8 Å². The van der Waals surface area contributed by atoms with Crippen molar-refractivity contribution in [2.45, 2.75) is 39.3 Å². The zero-order valence-electron chi connectivity index (χ0n) is 15.5. The summed E-state index contributed by atoms with van der Waals surface area (Å²) < 4.78 is 1.62. The van der Waals surface area contributed by atoms with Crippen molar-refractivity contribution in [1.29, 1.82) is 0 Å². The second kappa shape index (κ2) is 9.93. The van der Waals surface area contributed by atoms with Gasteiger partial charge in [0.1, 0.15) is 5.02 Å². The minimum absolute atomic E-state index is 0.0983. The van der Waals surface area contributed by atoms with Crippen molar-refractivity contribution in [3.05, 3.63) is 67.6 Å². The van der Waals surface area contributed by atoms with Crippen molar-refractivity contribution >= 4 is 29.2 Å². The van der Waals surface area contributed by atoms with Crippen molar-refractivity contribution in [3.63, 3.8) is 0 Å². The van der Waals surface area contributed by atoms with E-state index in [0.29, 0.717) is 24.5 Å². The number of benzene rings is 1. The lowest BCUT2D eigenvalue weighted by Gasteiger charge is -2.21. The summed E-state index contributed by atoms with van der Waals surface area (Å²) in [5.41, 5.74) is 1.65. The van der Waals surface area contributed by atoms with E-state index in [9.17, 15) is 9.59 Å². The number of pyridine rings is 1. The number of carbonyl (C=O) groups is 1. The van der Waals surface area contributed by atoms with Gasteiger partial charge in [-0.2, -0.15) is 0 Å². The van der Waals surface area contributed by atoms with Gasteiger partial charge in [-0.15, -0.1) is 0 Å². The fourth-order valence-electron chi connectivity index (χ4n) is 2.85. The number of aromatic nitrogens is 1. The number of halogens is 2. The molecule has 0 aliphatic carbocycles. The molecule has 0 radical (unpaired) electrons. The lowest BCUT2D eigenvalue weighted by atomic mass is 10.1. The van der Waals surface area contributed by atoms with Gasteiger partial charge in [0.15, 0.2) is 0 Å². The fraction of sp³-hybridized carbons (Fsp3) is 0.400. The van der Waals surface area contributed by atoms with Crippen LogP contribution in [0.4, 0.5) is 0 Å². The first-order valence-electron chi connectivity index (χ1n) is 8.92. The van der Waals surface area contributed by atoms with Crippen LogP contribution in [0.2, 0.25) is 10.0 Å². The normalized spacial score (nSPS) is 11.1. The number of aryl methyl sites for hydroxylation is 1. The predicted octanol–water partition coefficient (Wildman–Crippen LogP) is 4.33. The zero-order valence-corrected chi connectivity index (χ0v) is 17.1. The van der Waals surface area contributed by atoms with Crippen LogP contribution in [0.5, 0.6) is 0 Å². The predicted molar refractivity (Wildman–Crippen MR) is 109 cm³/mol. The molecule has 1 heterocycles. The van der Waals surface area contributed by atoms with Gasteiger partial charge in [-0.05, 0) is 50.2 Å². The Bertz CT molecular complexity index is 848. The van der Waals surface area contributed by atoms with Gasteiger partial charge in [0.25, 0.3) is 5.56 Å². The molecule has 0 aliphatic rings. The van der Waals surface area contributed by atoms with Gasteiger partial charge in [0.05, 0.1) is 16.3 Å². The van der Waals surface area contributed by atoms with Crippen LogP contribution in [0, 0.1) is 0 Å². The summed E-state index contributed by atoms with van der Waals surface area (Å²) in [7, 11) is 2.00. The van der Waals surface area contributed by atoms with Crippen molar-refractivity contribution in [2.24, 2.45) is 0 Å².